The van der Waals surface area contributed by atoms with Gasteiger partial charge in [0.05, 0.1) is 10.0 Å². The zero-order chi connectivity index (χ0) is 15.4. The van der Waals surface area contributed by atoms with Crippen LogP contribution in [0.4, 0.5) is 5.69 Å². The number of hydrogen-bond acceptors (Lipinski definition) is 4. The molecule has 0 aliphatic heterocycles. The Kier molecular flexibility index (Phi) is 3.09. The molecule has 0 spiro atoms. The van der Waals surface area contributed by atoms with Gasteiger partial charge in [-0.25, -0.2) is 5.10 Å². The van der Waals surface area contributed by atoms with Crippen LogP contribution in [0.1, 0.15) is 29.9 Å². The molecule has 7 heteroatoms. The second-order valence-electron chi connectivity index (χ2n) is 5.81. The molecule has 0 saturated heterocycles. The minimum atomic E-state index is -0.137. The highest BCUT2D eigenvalue weighted by Crippen LogP contribution is 2.56. The van der Waals surface area contributed by atoms with Crippen LogP contribution in [0.2, 0.25) is 10.0 Å². The molecule has 1 saturated carbocycles. The molecule has 1 aromatic carbocycles. The molecular weight excluding hydrogens is 325 g/mol. The Bertz CT molecular complexity index is 811. The van der Waals surface area contributed by atoms with E-state index in [0.29, 0.717) is 39.2 Å². The number of halogens is 2. The minimum absolute atomic E-state index is 0.137. The third kappa shape index (κ3) is 2.16. The van der Waals surface area contributed by atoms with Gasteiger partial charge in [-0.05, 0) is 43.2 Å². The molecule has 5 nitrogen and oxygen atoms in total. The third-order valence-corrected chi connectivity index (χ3v) is 4.93. The molecule has 0 bridgehead atoms. The zero-order valence-electron chi connectivity index (χ0n) is 11.5. The van der Waals surface area contributed by atoms with Crippen molar-refractivity contribution in [2.45, 2.75) is 25.2 Å². The van der Waals surface area contributed by atoms with Crippen LogP contribution in [0.5, 0.6) is 11.6 Å². The van der Waals surface area contributed by atoms with E-state index in [-0.39, 0.29) is 5.56 Å². The van der Waals surface area contributed by atoms with E-state index in [0.717, 1.165) is 30.4 Å². The van der Waals surface area contributed by atoms with Gasteiger partial charge in [0.25, 0.3) is 5.56 Å². The SMILES string of the molecule is Nc1cc(Cl)c(Oc2n[nH]c(=O)c3c2C2CC2CC3)c(Cl)c1. The molecule has 1 aromatic heterocycles. The van der Waals surface area contributed by atoms with E-state index in [9.17, 15) is 4.79 Å². The zero-order valence-corrected chi connectivity index (χ0v) is 13.0. The number of H-pyrrole nitrogens is 1. The molecule has 2 aromatic rings. The van der Waals surface area contributed by atoms with E-state index in [2.05, 4.69) is 10.2 Å². The molecular formula is C15H13Cl2N3O2. The molecule has 2 atom stereocenters. The number of hydrogen-bond donors (Lipinski definition) is 2. The van der Waals surface area contributed by atoms with E-state index in [1.807, 2.05) is 0 Å². The highest BCUT2D eigenvalue weighted by atomic mass is 35.5. The van der Waals surface area contributed by atoms with E-state index < -0.39 is 0 Å². The van der Waals surface area contributed by atoms with E-state index >= 15 is 0 Å². The molecule has 22 heavy (non-hydrogen) atoms. The second kappa shape index (κ2) is 4.89. The first-order valence-corrected chi connectivity index (χ1v) is 7.84. The van der Waals surface area contributed by atoms with Crippen molar-refractivity contribution in [2.24, 2.45) is 5.92 Å². The molecule has 3 N–H and O–H groups in total. The van der Waals surface area contributed by atoms with Gasteiger partial charge in [-0.1, -0.05) is 23.2 Å². The molecule has 1 fully saturated rings. The summed E-state index contributed by atoms with van der Waals surface area (Å²) in [6, 6.07) is 3.14. The maximum atomic E-state index is 12.0. The van der Waals surface area contributed by atoms with E-state index in [1.54, 1.807) is 12.1 Å². The predicted octanol–water partition coefficient (Wildman–Crippen LogP) is 3.50. The average Bonchev–Trinajstić information content (AvgIpc) is 3.24. The Morgan fingerprint density at radius 1 is 1.32 bits per heavy atom. The average molecular weight is 338 g/mol. The smallest absolute Gasteiger partial charge is 0.267 e. The summed E-state index contributed by atoms with van der Waals surface area (Å²) in [7, 11) is 0. The number of aromatic nitrogens is 2. The molecule has 4 rings (SSSR count). The summed E-state index contributed by atoms with van der Waals surface area (Å²) >= 11 is 12.3. The number of nitrogen functional groups attached to an aromatic ring is 1. The molecule has 2 aliphatic carbocycles. The largest absolute Gasteiger partial charge is 0.434 e. The van der Waals surface area contributed by atoms with Gasteiger partial charge in [0.1, 0.15) is 0 Å². The van der Waals surface area contributed by atoms with Crippen LogP contribution in [-0.2, 0) is 6.42 Å². The first kappa shape index (κ1) is 13.9. The number of rotatable bonds is 2. The molecule has 0 radical (unpaired) electrons. The molecule has 0 amide bonds. The van der Waals surface area contributed by atoms with Gasteiger partial charge in [-0.2, -0.15) is 0 Å². The van der Waals surface area contributed by atoms with E-state index in [1.165, 1.54) is 0 Å². The molecule has 2 aliphatic rings. The van der Waals surface area contributed by atoms with Gasteiger partial charge in [0.15, 0.2) is 5.75 Å². The summed E-state index contributed by atoms with van der Waals surface area (Å²) in [6.07, 6.45) is 2.89. The number of nitrogens with two attached hydrogens (primary N) is 1. The Balaban J connectivity index is 1.81. The minimum Gasteiger partial charge on any atom is -0.434 e. The van der Waals surface area contributed by atoms with Gasteiger partial charge in [-0.15, -0.1) is 5.10 Å². The highest BCUT2D eigenvalue weighted by molar-refractivity contribution is 6.37. The van der Waals surface area contributed by atoms with Crippen molar-refractivity contribution in [3.05, 3.63) is 43.7 Å². The maximum Gasteiger partial charge on any atom is 0.267 e. The fourth-order valence-electron chi connectivity index (χ4n) is 3.21. The number of nitrogens with one attached hydrogen (secondary N) is 1. The summed E-state index contributed by atoms with van der Waals surface area (Å²) in [6.45, 7) is 0. The summed E-state index contributed by atoms with van der Waals surface area (Å²) in [5.74, 6) is 1.69. The van der Waals surface area contributed by atoms with Crippen molar-refractivity contribution in [3.8, 4) is 11.6 Å². The van der Waals surface area contributed by atoms with Crippen LogP contribution >= 0.6 is 23.2 Å². The van der Waals surface area contributed by atoms with Gasteiger partial charge < -0.3 is 10.5 Å². The van der Waals surface area contributed by atoms with Gasteiger partial charge in [-0.3, -0.25) is 4.79 Å². The lowest BCUT2D eigenvalue weighted by atomic mass is 9.94. The number of benzene rings is 1. The summed E-state index contributed by atoms with van der Waals surface area (Å²) in [5.41, 5.74) is 7.69. The standard InChI is InChI=1S/C15H13Cl2N3O2/c16-10-4-7(18)5-11(17)13(10)22-15-12-8(14(21)19-20-15)2-1-6-3-9(6)12/h4-6,9H,1-3,18H2,(H,19,21). The first-order chi connectivity index (χ1) is 10.5. The number of fused-ring (bicyclic) bond motifs is 3. The molecule has 2 unspecified atom stereocenters. The van der Waals surface area contributed by atoms with Crippen molar-refractivity contribution < 1.29 is 4.74 Å². The second-order valence-corrected chi connectivity index (χ2v) is 6.62. The lowest BCUT2D eigenvalue weighted by Crippen LogP contribution is -2.21. The number of aromatic amines is 1. The van der Waals surface area contributed by atoms with E-state index in [4.69, 9.17) is 33.7 Å². The molecule has 114 valence electrons. The van der Waals surface area contributed by atoms with Crippen molar-refractivity contribution >= 4 is 28.9 Å². The monoisotopic (exact) mass is 337 g/mol. The quantitative estimate of drug-likeness (QED) is 0.821. The fraction of sp³-hybridized carbons (Fsp3) is 0.333. The summed E-state index contributed by atoms with van der Waals surface area (Å²) in [4.78, 5) is 12.0. The van der Waals surface area contributed by atoms with Crippen molar-refractivity contribution in [1.82, 2.24) is 10.2 Å². The Morgan fingerprint density at radius 3 is 2.77 bits per heavy atom. The van der Waals surface area contributed by atoms with Crippen LogP contribution in [-0.4, -0.2) is 10.2 Å². The van der Waals surface area contributed by atoms with Crippen LogP contribution < -0.4 is 16.0 Å². The number of nitrogens with zero attached hydrogens (tertiary/aromatic N) is 1. The van der Waals surface area contributed by atoms with Crippen LogP contribution in [0.3, 0.4) is 0 Å². The summed E-state index contributed by atoms with van der Waals surface area (Å²) < 4.78 is 5.84. The van der Waals surface area contributed by atoms with Gasteiger partial charge in [0, 0.05) is 16.8 Å². The van der Waals surface area contributed by atoms with Crippen molar-refractivity contribution in [1.29, 1.82) is 0 Å². The number of ether oxygens (including phenoxy) is 1. The van der Waals surface area contributed by atoms with Crippen LogP contribution in [0.25, 0.3) is 0 Å². The van der Waals surface area contributed by atoms with Crippen molar-refractivity contribution in [3.63, 3.8) is 0 Å². The topological polar surface area (TPSA) is 81.0 Å². The van der Waals surface area contributed by atoms with Crippen LogP contribution in [0, 0.1) is 5.92 Å². The summed E-state index contributed by atoms with van der Waals surface area (Å²) in [5, 5.41) is 7.19. The van der Waals surface area contributed by atoms with Gasteiger partial charge >= 0.3 is 0 Å². The maximum absolute atomic E-state index is 12.0. The third-order valence-electron chi connectivity index (χ3n) is 4.37. The normalized spacial score (nSPS) is 21.9. The lowest BCUT2D eigenvalue weighted by Gasteiger charge is -2.17. The Morgan fingerprint density at radius 2 is 2.05 bits per heavy atom. The Labute approximate surface area is 136 Å². The Hall–Kier alpha value is -1.72. The molecule has 1 heterocycles. The first-order valence-electron chi connectivity index (χ1n) is 7.08. The van der Waals surface area contributed by atoms with Crippen LogP contribution in [0.15, 0.2) is 16.9 Å². The predicted molar refractivity (Wildman–Crippen MR) is 85.0 cm³/mol. The highest BCUT2D eigenvalue weighted by Gasteiger charge is 2.45. The lowest BCUT2D eigenvalue weighted by molar-refractivity contribution is 0.441. The fourth-order valence-corrected chi connectivity index (χ4v) is 3.79. The van der Waals surface area contributed by atoms with Crippen molar-refractivity contribution in [2.75, 3.05) is 5.73 Å². The van der Waals surface area contributed by atoms with Gasteiger partial charge in [0.2, 0.25) is 5.88 Å². The number of anilines is 1.